The molecule has 12 heteroatoms. The van der Waals surface area contributed by atoms with Gasteiger partial charge in [-0.3, -0.25) is 24.2 Å². The molecule has 4 N–H and O–H groups in total. The Morgan fingerprint density at radius 2 is 2.12 bits per heavy atom. The third-order valence-corrected chi connectivity index (χ3v) is 6.43. The van der Waals surface area contributed by atoms with Crippen LogP contribution in [-0.2, 0) is 17.8 Å². The molecule has 0 fully saturated rings. The zero-order valence-corrected chi connectivity index (χ0v) is 19.7. The molecule has 0 spiro atoms. The molecule has 32 heavy (non-hydrogen) atoms. The van der Waals surface area contributed by atoms with Crippen LogP contribution in [0.5, 0.6) is 0 Å². The molecule has 0 saturated heterocycles. The van der Waals surface area contributed by atoms with Crippen molar-refractivity contribution in [2.24, 2.45) is 0 Å². The standard InChI is InChI=1S/C20H27N7O3S2/c1-3-5-9-26(16-17(21)27(8-4-2)20(30)23-18(16)29)15(28)12-32-19-22-14(24-25-19)11-13-7-6-10-31-13/h6-7,10H,3-5,8-9,11-12,21H2,1-2H3,(H,22,24,25)(H,23,29,30). The summed E-state index contributed by atoms with van der Waals surface area (Å²) in [6, 6.07) is 4.00. The van der Waals surface area contributed by atoms with E-state index < -0.39 is 11.2 Å². The summed E-state index contributed by atoms with van der Waals surface area (Å²) in [5.41, 5.74) is 4.95. The minimum Gasteiger partial charge on any atom is -0.383 e. The van der Waals surface area contributed by atoms with E-state index >= 15 is 0 Å². The molecule has 0 unspecified atom stereocenters. The lowest BCUT2D eigenvalue weighted by Gasteiger charge is -2.24. The number of thioether (sulfide) groups is 1. The molecule has 0 aliphatic carbocycles. The van der Waals surface area contributed by atoms with Crippen molar-refractivity contribution in [3.05, 3.63) is 49.1 Å². The van der Waals surface area contributed by atoms with Crippen LogP contribution in [0.2, 0.25) is 0 Å². The van der Waals surface area contributed by atoms with Gasteiger partial charge in [-0.1, -0.05) is 38.1 Å². The smallest absolute Gasteiger partial charge is 0.330 e. The van der Waals surface area contributed by atoms with Crippen molar-refractivity contribution in [3.8, 4) is 0 Å². The molecule has 3 aromatic rings. The third kappa shape index (κ3) is 5.68. The average molecular weight is 478 g/mol. The summed E-state index contributed by atoms with van der Waals surface area (Å²) in [5, 5.41) is 9.53. The maximum absolute atomic E-state index is 13.1. The van der Waals surface area contributed by atoms with Crippen molar-refractivity contribution < 1.29 is 4.79 Å². The first kappa shape index (κ1) is 23.8. The normalized spacial score (nSPS) is 11.1. The van der Waals surface area contributed by atoms with Gasteiger partial charge in [-0.15, -0.1) is 16.4 Å². The van der Waals surface area contributed by atoms with Crippen molar-refractivity contribution in [3.63, 3.8) is 0 Å². The molecule has 1 amide bonds. The molecular weight excluding hydrogens is 450 g/mol. The zero-order chi connectivity index (χ0) is 23.1. The first-order chi connectivity index (χ1) is 15.4. The van der Waals surface area contributed by atoms with Gasteiger partial charge >= 0.3 is 5.69 Å². The van der Waals surface area contributed by atoms with Gasteiger partial charge < -0.3 is 10.6 Å². The van der Waals surface area contributed by atoms with E-state index in [1.165, 1.54) is 21.2 Å². The van der Waals surface area contributed by atoms with Crippen molar-refractivity contribution in [2.75, 3.05) is 22.9 Å². The number of nitrogen functional groups attached to an aromatic ring is 1. The molecule has 172 valence electrons. The van der Waals surface area contributed by atoms with Crippen molar-refractivity contribution in [1.82, 2.24) is 24.7 Å². The molecule has 10 nitrogen and oxygen atoms in total. The summed E-state index contributed by atoms with van der Waals surface area (Å²) in [6.07, 6.45) is 2.82. The Morgan fingerprint density at radius 1 is 1.31 bits per heavy atom. The van der Waals surface area contributed by atoms with Gasteiger partial charge in [-0.05, 0) is 24.3 Å². The van der Waals surface area contributed by atoms with Crippen LogP contribution in [0.4, 0.5) is 11.5 Å². The van der Waals surface area contributed by atoms with Crippen molar-refractivity contribution in [1.29, 1.82) is 0 Å². The number of H-pyrrole nitrogens is 2. The van der Waals surface area contributed by atoms with E-state index in [9.17, 15) is 14.4 Å². The molecule has 0 aliphatic heterocycles. The largest absolute Gasteiger partial charge is 0.383 e. The quantitative estimate of drug-likeness (QED) is 0.359. The predicted octanol–water partition coefficient (Wildman–Crippen LogP) is 2.22. The van der Waals surface area contributed by atoms with E-state index in [0.29, 0.717) is 37.5 Å². The fraction of sp³-hybridized carbons (Fsp3) is 0.450. The van der Waals surface area contributed by atoms with E-state index in [1.807, 2.05) is 31.4 Å². The SMILES string of the molecule is CCCCN(C(=O)CSc1n[nH]c(Cc2cccs2)n1)c1c(N)n(CCC)c(=O)[nH]c1=O. The Morgan fingerprint density at radius 3 is 2.81 bits per heavy atom. The zero-order valence-electron chi connectivity index (χ0n) is 18.1. The summed E-state index contributed by atoms with van der Waals surface area (Å²) in [4.78, 5) is 47.1. The number of aromatic nitrogens is 5. The molecule has 0 saturated carbocycles. The minimum absolute atomic E-state index is 0.00572. The molecule has 0 aliphatic rings. The van der Waals surface area contributed by atoms with Gasteiger partial charge in [-0.2, -0.15) is 0 Å². The number of hydrogen-bond donors (Lipinski definition) is 3. The maximum atomic E-state index is 13.1. The second kappa shape index (κ2) is 11.1. The van der Waals surface area contributed by atoms with Crippen LogP contribution >= 0.6 is 23.1 Å². The number of carbonyl (C=O) groups is 1. The molecular formula is C20H27N7O3S2. The number of amides is 1. The monoisotopic (exact) mass is 477 g/mol. The van der Waals surface area contributed by atoms with E-state index in [0.717, 1.165) is 17.1 Å². The van der Waals surface area contributed by atoms with Crippen molar-refractivity contribution >= 4 is 40.5 Å². The van der Waals surface area contributed by atoms with Crippen molar-refractivity contribution in [2.45, 2.75) is 51.2 Å². The molecule has 0 radical (unpaired) electrons. The van der Waals surface area contributed by atoms with Gasteiger partial charge in [0.15, 0.2) is 5.69 Å². The Kier molecular flexibility index (Phi) is 8.28. The van der Waals surface area contributed by atoms with E-state index in [2.05, 4.69) is 20.2 Å². The lowest BCUT2D eigenvalue weighted by Crippen LogP contribution is -2.42. The number of nitrogens with two attached hydrogens (primary N) is 1. The molecule has 0 aromatic carbocycles. The Labute approximate surface area is 193 Å². The summed E-state index contributed by atoms with van der Waals surface area (Å²) >= 11 is 2.82. The van der Waals surface area contributed by atoms with Crippen LogP contribution in [0.3, 0.4) is 0 Å². The topological polar surface area (TPSA) is 143 Å². The summed E-state index contributed by atoms with van der Waals surface area (Å²) in [5.74, 6) is 0.460. The lowest BCUT2D eigenvalue weighted by molar-refractivity contribution is -0.116. The highest BCUT2D eigenvalue weighted by atomic mass is 32.2. The number of nitrogens with one attached hydrogen (secondary N) is 2. The highest BCUT2D eigenvalue weighted by Gasteiger charge is 2.24. The van der Waals surface area contributed by atoms with Crippen LogP contribution in [0, 0.1) is 0 Å². The fourth-order valence-electron chi connectivity index (χ4n) is 3.17. The van der Waals surface area contributed by atoms with Crippen LogP contribution in [0.25, 0.3) is 0 Å². The average Bonchev–Trinajstić information content (AvgIpc) is 3.44. The van der Waals surface area contributed by atoms with E-state index in [-0.39, 0.29) is 23.2 Å². The molecule has 3 heterocycles. The second-order valence-corrected chi connectivity index (χ2v) is 9.13. The Bertz CT molecular complexity index is 1150. The maximum Gasteiger partial charge on any atom is 0.330 e. The molecule has 0 bridgehead atoms. The van der Waals surface area contributed by atoms with Gasteiger partial charge in [0.25, 0.3) is 5.56 Å². The van der Waals surface area contributed by atoms with Gasteiger partial charge in [0, 0.05) is 24.4 Å². The van der Waals surface area contributed by atoms with E-state index in [1.54, 1.807) is 11.3 Å². The highest BCUT2D eigenvalue weighted by Crippen LogP contribution is 2.21. The van der Waals surface area contributed by atoms with Crippen LogP contribution in [0.1, 0.15) is 43.8 Å². The summed E-state index contributed by atoms with van der Waals surface area (Å²) in [6.45, 7) is 4.57. The van der Waals surface area contributed by atoms with Crippen LogP contribution < -0.4 is 21.9 Å². The number of hydrogen-bond acceptors (Lipinski definition) is 8. The molecule has 3 rings (SSSR count). The number of nitrogens with zero attached hydrogens (tertiary/aromatic N) is 4. The Balaban J connectivity index is 1.77. The Hall–Kier alpha value is -2.86. The number of thiophene rings is 1. The lowest BCUT2D eigenvalue weighted by atomic mass is 10.2. The predicted molar refractivity (Wildman–Crippen MR) is 128 cm³/mol. The number of anilines is 2. The van der Waals surface area contributed by atoms with Gasteiger partial charge in [-0.25, -0.2) is 9.78 Å². The highest BCUT2D eigenvalue weighted by molar-refractivity contribution is 7.99. The number of aromatic amines is 2. The fourth-order valence-corrected chi connectivity index (χ4v) is 4.57. The first-order valence-corrected chi connectivity index (χ1v) is 12.3. The van der Waals surface area contributed by atoms with Gasteiger partial charge in [0.2, 0.25) is 11.1 Å². The minimum atomic E-state index is -0.662. The summed E-state index contributed by atoms with van der Waals surface area (Å²) in [7, 11) is 0. The van der Waals surface area contributed by atoms with Gasteiger partial charge in [0.05, 0.1) is 5.75 Å². The van der Waals surface area contributed by atoms with Gasteiger partial charge in [0.1, 0.15) is 11.6 Å². The summed E-state index contributed by atoms with van der Waals surface area (Å²) < 4.78 is 1.29. The molecule has 0 atom stereocenters. The third-order valence-electron chi connectivity index (χ3n) is 4.73. The number of carbonyl (C=O) groups excluding carboxylic acids is 1. The van der Waals surface area contributed by atoms with Crippen LogP contribution in [-0.4, -0.2) is 42.9 Å². The van der Waals surface area contributed by atoms with E-state index in [4.69, 9.17) is 5.73 Å². The number of unbranched alkanes of at least 4 members (excludes halogenated alkanes) is 1. The molecule has 3 aromatic heterocycles. The van der Waals surface area contributed by atoms with Crippen LogP contribution in [0.15, 0.2) is 32.3 Å². The number of rotatable bonds is 11. The first-order valence-electron chi connectivity index (χ1n) is 10.4. The second-order valence-electron chi connectivity index (χ2n) is 7.15.